The Kier molecular flexibility index (Phi) is 7.82. The van der Waals surface area contributed by atoms with Crippen LogP contribution in [0.5, 0.6) is 0 Å². The first-order chi connectivity index (χ1) is 17.5. The Balaban J connectivity index is 1.75. The number of sulfonamides is 1. The van der Waals surface area contributed by atoms with Crippen molar-refractivity contribution in [2.24, 2.45) is 0 Å². The maximum absolute atomic E-state index is 14.3. The average Bonchev–Trinajstić information content (AvgIpc) is 3.15. The molecule has 2 heterocycles. The highest BCUT2D eigenvalue weighted by atomic mass is 32.2. The lowest BCUT2D eigenvalue weighted by atomic mass is 10.0. The van der Waals surface area contributed by atoms with Crippen LogP contribution in [0.25, 0.3) is 11.3 Å². The van der Waals surface area contributed by atoms with Crippen LogP contribution in [-0.2, 0) is 32.5 Å². The molecular formula is C27H33FN4O4S. The van der Waals surface area contributed by atoms with Gasteiger partial charge in [-0.1, -0.05) is 36.4 Å². The predicted octanol–water partition coefficient (Wildman–Crippen LogP) is 3.52. The molecule has 1 N–H and O–H groups in total. The molecule has 1 fully saturated rings. The zero-order valence-corrected chi connectivity index (χ0v) is 22.4. The van der Waals surface area contributed by atoms with Crippen molar-refractivity contribution in [3.63, 3.8) is 0 Å². The quantitative estimate of drug-likeness (QED) is 0.472. The lowest BCUT2D eigenvalue weighted by Gasteiger charge is -2.27. The molecule has 0 amide bonds. The lowest BCUT2D eigenvalue weighted by Crippen LogP contribution is -2.46. The number of nitrogens with one attached hydrogen (secondary N) is 1. The zero-order valence-electron chi connectivity index (χ0n) is 21.6. The molecule has 0 spiro atoms. The van der Waals surface area contributed by atoms with Crippen molar-refractivity contribution in [2.75, 3.05) is 26.2 Å². The van der Waals surface area contributed by atoms with E-state index < -0.39 is 21.4 Å². The number of hydrogen-bond donors (Lipinski definition) is 1. The Labute approximate surface area is 217 Å². The number of aromatic nitrogens is 2. The summed E-state index contributed by atoms with van der Waals surface area (Å²) in [4.78, 5) is 12.7. The van der Waals surface area contributed by atoms with Crippen molar-refractivity contribution in [2.45, 2.75) is 51.2 Å². The third-order valence-electron chi connectivity index (χ3n) is 6.16. The first-order valence-electron chi connectivity index (χ1n) is 12.3. The summed E-state index contributed by atoms with van der Waals surface area (Å²) in [6.45, 7) is 9.09. The van der Waals surface area contributed by atoms with E-state index in [4.69, 9.17) is 9.84 Å². The molecule has 37 heavy (non-hydrogen) atoms. The maximum Gasteiger partial charge on any atom is 0.310 e. The number of esters is 1. The van der Waals surface area contributed by atoms with Crippen LogP contribution in [0.15, 0.2) is 53.4 Å². The first kappa shape index (κ1) is 27.0. The second-order valence-corrected chi connectivity index (χ2v) is 12.0. The molecule has 0 unspecified atom stereocenters. The molecule has 10 heteroatoms. The number of carbonyl (C=O) groups excluding carboxylic acids is 1. The highest BCUT2D eigenvalue weighted by Gasteiger charge is 2.29. The van der Waals surface area contributed by atoms with Crippen molar-refractivity contribution < 1.29 is 22.3 Å². The molecule has 0 aliphatic carbocycles. The van der Waals surface area contributed by atoms with Crippen LogP contribution in [0.1, 0.15) is 37.6 Å². The van der Waals surface area contributed by atoms with Gasteiger partial charge in [-0.2, -0.15) is 9.40 Å². The van der Waals surface area contributed by atoms with Gasteiger partial charge < -0.3 is 10.1 Å². The number of piperazine rings is 1. The van der Waals surface area contributed by atoms with Crippen molar-refractivity contribution in [3.05, 3.63) is 71.2 Å². The van der Waals surface area contributed by atoms with Crippen molar-refractivity contribution in [3.8, 4) is 11.3 Å². The van der Waals surface area contributed by atoms with E-state index in [1.807, 2.05) is 58.0 Å². The van der Waals surface area contributed by atoms with Crippen molar-refractivity contribution in [1.29, 1.82) is 0 Å². The SMILES string of the molecule is Cc1c(CC(=O)OC(C)(C)C)c(-c2ccccc2)nn1Cc1ccc(F)cc1S(=O)(=O)N1CCNCC1. The number of ether oxygens (including phenoxy) is 1. The van der Waals surface area contributed by atoms with Crippen LogP contribution in [0.4, 0.5) is 4.39 Å². The standard InChI is InChI=1S/C27H33FN4O4S/c1-19-23(17-25(33)36-27(2,3)4)26(20-8-6-5-7-9-20)30-32(19)18-21-10-11-22(28)16-24(21)37(34,35)31-14-12-29-13-15-31/h5-11,16,29H,12-15,17-18H2,1-4H3. The Morgan fingerprint density at radius 2 is 1.78 bits per heavy atom. The average molecular weight is 529 g/mol. The Bertz CT molecular complexity index is 1380. The van der Waals surface area contributed by atoms with Crippen LogP contribution >= 0.6 is 0 Å². The molecule has 8 nitrogen and oxygen atoms in total. The highest BCUT2D eigenvalue weighted by molar-refractivity contribution is 7.89. The third kappa shape index (κ3) is 6.26. The summed E-state index contributed by atoms with van der Waals surface area (Å²) < 4.78 is 49.8. The van der Waals surface area contributed by atoms with Gasteiger partial charge in [-0.3, -0.25) is 9.48 Å². The van der Waals surface area contributed by atoms with E-state index in [2.05, 4.69) is 5.32 Å². The fraction of sp³-hybridized carbons (Fsp3) is 0.407. The predicted molar refractivity (Wildman–Crippen MR) is 139 cm³/mol. The monoisotopic (exact) mass is 528 g/mol. The van der Waals surface area contributed by atoms with E-state index in [-0.39, 0.29) is 23.8 Å². The summed E-state index contributed by atoms with van der Waals surface area (Å²) in [6.07, 6.45) is 0.0165. The summed E-state index contributed by atoms with van der Waals surface area (Å²) in [7, 11) is -3.90. The van der Waals surface area contributed by atoms with Crippen molar-refractivity contribution in [1.82, 2.24) is 19.4 Å². The van der Waals surface area contributed by atoms with E-state index in [1.165, 1.54) is 16.4 Å². The van der Waals surface area contributed by atoms with Crippen LogP contribution in [0.3, 0.4) is 0 Å². The van der Waals surface area contributed by atoms with Gasteiger partial charge in [-0.05, 0) is 45.4 Å². The molecule has 3 aromatic rings. The molecule has 0 saturated carbocycles. The number of nitrogens with zero attached hydrogens (tertiary/aromatic N) is 3. The van der Waals surface area contributed by atoms with E-state index in [1.54, 1.807) is 4.68 Å². The van der Waals surface area contributed by atoms with Gasteiger partial charge in [0.15, 0.2) is 0 Å². The summed E-state index contributed by atoms with van der Waals surface area (Å²) in [5, 5.41) is 7.91. The normalized spacial score (nSPS) is 15.1. The van der Waals surface area contributed by atoms with E-state index in [9.17, 15) is 17.6 Å². The summed E-state index contributed by atoms with van der Waals surface area (Å²) in [6, 6.07) is 13.3. The summed E-state index contributed by atoms with van der Waals surface area (Å²) in [5.41, 5.74) is 2.66. The molecule has 2 aromatic carbocycles. The number of hydrogen-bond acceptors (Lipinski definition) is 6. The Morgan fingerprint density at radius 3 is 2.43 bits per heavy atom. The highest BCUT2D eigenvalue weighted by Crippen LogP contribution is 2.29. The fourth-order valence-electron chi connectivity index (χ4n) is 4.38. The van der Waals surface area contributed by atoms with Gasteiger partial charge in [0.1, 0.15) is 11.4 Å². The molecule has 0 radical (unpaired) electrons. The van der Waals surface area contributed by atoms with Gasteiger partial charge >= 0.3 is 5.97 Å². The fourth-order valence-corrected chi connectivity index (χ4v) is 6.05. The molecule has 1 aromatic heterocycles. The molecule has 198 valence electrons. The smallest absolute Gasteiger partial charge is 0.310 e. The molecule has 0 atom stereocenters. The van der Waals surface area contributed by atoms with E-state index in [0.717, 1.165) is 11.6 Å². The lowest BCUT2D eigenvalue weighted by molar-refractivity contribution is -0.153. The topological polar surface area (TPSA) is 93.5 Å². The molecule has 1 aliphatic heterocycles. The van der Waals surface area contributed by atoms with Gasteiger partial charge in [0, 0.05) is 43.0 Å². The molecule has 4 rings (SSSR count). The third-order valence-corrected chi connectivity index (χ3v) is 8.14. The Morgan fingerprint density at radius 1 is 1.11 bits per heavy atom. The number of benzene rings is 2. The first-order valence-corrected chi connectivity index (χ1v) is 13.7. The van der Waals surface area contributed by atoms with Gasteiger partial charge in [-0.15, -0.1) is 0 Å². The zero-order chi connectivity index (χ0) is 26.8. The maximum atomic E-state index is 14.3. The Hall–Kier alpha value is -3.08. The van der Waals surface area contributed by atoms with Gasteiger partial charge in [-0.25, -0.2) is 12.8 Å². The largest absolute Gasteiger partial charge is 0.460 e. The van der Waals surface area contributed by atoms with Gasteiger partial charge in [0.25, 0.3) is 0 Å². The van der Waals surface area contributed by atoms with Gasteiger partial charge in [0.2, 0.25) is 10.0 Å². The molecule has 0 bridgehead atoms. The van der Waals surface area contributed by atoms with E-state index >= 15 is 0 Å². The van der Waals surface area contributed by atoms with Gasteiger partial charge in [0.05, 0.1) is 23.6 Å². The summed E-state index contributed by atoms with van der Waals surface area (Å²) in [5.74, 6) is -0.999. The number of carbonyl (C=O) groups is 1. The second kappa shape index (κ2) is 10.7. The van der Waals surface area contributed by atoms with Crippen molar-refractivity contribution >= 4 is 16.0 Å². The number of rotatable bonds is 7. The van der Waals surface area contributed by atoms with E-state index in [0.29, 0.717) is 48.7 Å². The molecule has 1 saturated heterocycles. The molecule has 1 aliphatic rings. The minimum atomic E-state index is -3.90. The summed E-state index contributed by atoms with van der Waals surface area (Å²) >= 11 is 0. The van der Waals surface area contributed by atoms with Crippen LogP contribution in [0.2, 0.25) is 0 Å². The van der Waals surface area contributed by atoms with Crippen LogP contribution < -0.4 is 5.32 Å². The second-order valence-electron chi connectivity index (χ2n) is 10.1. The van der Waals surface area contributed by atoms with Crippen LogP contribution in [0, 0.1) is 12.7 Å². The van der Waals surface area contributed by atoms with Crippen LogP contribution in [-0.4, -0.2) is 60.3 Å². The molecular weight excluding hydrogens is 495 g/mol. The minimum absolute atomic E-state index is 0.0165. The minimum Gasteiger partial charge on any atom is -0.460 e. The number of halogens is 1.